The van der Waals surface area contributed by atoms with Crippen LogP contribution in [0, 0.1) is 0 Å². The van der Waals surface area contributed by atoms with Crippen molar-refractivity contribution in [3.8, 4) is 0 Å². The van der Waals surface area contributed by atoms with Gasteiger partial charge in [0, 0.05) is 5.69 Å². The number of aromatic carboxylic acids is 1. The molecule has 0 aliphatic carbocycles. The second-order valence-corrected chi connectivity index (χ2v) is 5.16. The van der Waals surface area contributed by atoms with Crippen LogP contribution in [0.3, 0.4) is 0 Å². The Morgan fingerprint density at radius 3 is 2.33 bits per heavy atom. The summed E-state index contributed by atoms with van der Waals surface area (Å²) >= 11 is 0. The van der Waals surface area contributed by atoms with Crippen molar-refractivity contribution < 1.29 is 27.9 Å². The summed E-state index contributed by atoms with van der Waals surface area (Å²) in [5, 5.41) is 9.29. The minimum Gasteiger partial charge on any atom is -0.478 e. The standard InChI is InChI=1S/C17H14F3NO3/c1-11(22)10-21(15-8-3-2-7-14(15)16(23)24)13-6-4-5-12(9-13)17(18,19)20/h2-9H,10H2,1H3,(H,23,24). The lowest BCUT2D eigenvalue weighted by Crippen LogP contribution is -2.25. The van der Waals surface area contributed by atoms with E-state index in [9.17, 15) is 27.9 Å². The highest BCUT2D eigenvalue weighted by atomic mass is 19.4. The van der Waals surface area contributed by atoms with Crippen LogP contribution in [0.2, 0.25) is 0 Å². The van der Waals surface area contributed by atoms with Gasteiger partial charge >= 0.3 is 12.1 Å². The number of halogens is 3. The molecule has 1 N–H and O–H groups in total. The highest BCUT2D eigenvalue weighted by Gasteiger charge is 2.31. The number of carbonyl (C=O) groups excluding carboxylic acids is 1. The van der Waals surface area contributed by atoms with E-state index < -0.39 is 17.7 Å². The molecule has 0 heterocycles. The molecule has 0 aromatic heterocycles. The third kappa shape index (κ3) is 3.92. The van der Waals surface area contributed by atoms with Crippen LogP contribution < -0.4 is 4.90 Å². The third-order valence-electron chi connectivity index (χ3n) is 3.29. The number of rotatable bonds is 5. The van der Waals surface area contributed by atoms with Crippen molar-refractivity contribution in [2.45, 2.75) is 13.1 Å². The van der Waals surface area contributed by atoms with E-state index in [0.29, 0.717) is 0 Å². The number of para-hydroxylation sites is 1. The number of hydrogen-bond donors (Lipinski definition) is 1. The number of ketones is 1. The predicted molar refractivity (Wildman–Crippen MR) is 82.5 cm³/mol. The number of carboxylic acid groups (broad SMARTS) is 1. The van der Waals surface area contributed by atoms with Gasteiger partial charge in [-0.3, -0.25) is 4.79 Å². The lowest BCUT2D eigenvalue weighted by Gasteiger charge is -2.26. The van der Waals surface area contributed by atoms with Crippen molar-refractivity contribution in [1.82, 2.24) is 0 Å². The maximum atomic E-state index is 12.9. The first-order chi connectivity index (χ1) is 11.2. The van der Waals surface area contributed by atoms with Crippen molar-refractivity contribution in [3.63, 3.8) is 0 Å². The number of carbonyl (C=O) groups is 2. The van der Waals surface area contributed by atoms with Gasteiger partial charge in [0.05, 0.1) is 23.4 Å². The van der Waals surface area contributed by atoms with Gasteiger partial charge in [-0.05, 0) is 37.3 Å². The molecule has 0 fully saturated rings. The van der Waals surface area contributed by atoms with Gasteiger partial charge in [0.25, 0.3) is 0 Å². The van der Waals surface area contributed by atoms with Gasteiger partial charge in [0.1, 0.15) is 5.78 Å². The van der Waals surface area contributed by atoms with E-state index in [4.69, 9.17) is 0 Å². The van der Waals surface area contributed by atoms with E-state index >= 15 is 0 Å². The predicted octanol–water partition coefficient (Wildman–Crippen LogP) is 4.13. The largest absolute Gasteiger partial charge is 0.478 e. The smallest absolute Gasteiger partial charge is 0.416 e. The molecule has 0 amide bonds. The van der Waals surface area contributed by atoms with Crippen LogP contribution in [0.1, 0.15) is 22.8 Å². The minimum absolute atomic E-state index is 0.0914. The van der Waals surface area contributed by atoms with E-state index in [1.54, 1.807) is 6.07 Å². The SMILES string of the molecule is CC(=O)CN(c1cccc(C(F)(F)F)c1)c1ccccc1C(=O)O. The lowest BCUT2D eigenvalue weighted by molar-refractivity contribution is -0.137. The fourth-order valence-corrected chi connectivity index (χ4v) is 2.28. The molecule has 0 aliphatic heterocycles. The van der Waals surface area contributed by atoms with Crippen LogP contribution in [-0.2, 0) is 11.0 Å². The van der Waals surface area contributed by atoms with Crippen LogP contribution in [0.5, 0.6) is 0 Å². The summed E-state index contributed by atoms with van der Waals surface area (Å²) < 4.78 is 38.8. The first-order valence-corrected chi connectivity index (χ1v) is 6.96. The van der Waals surface area contributed by atoms with Gasteiger partial charge in [-0.25, -0.2) is 4.79 Å². The van der Waals surface area contributed by atoms with Crippen molar-refractivity contribution >= 4 is 23.1 Å². The van der Waals surface area contributed by atoms with E-state index in [1.807, 2.05) is 0 Å². The zero-order valence-electron chi connectivity index (χ0n) is 12.7. The van der Waals surface area contributed by atoms with Crippen LogP contribution in [0.15, 0.2) is 48.5 Å². The van der Waals surface area contributed by atoms with E-state index in [2.05, 4.69) is 0 Å². The zero-order valence-corrected chi connectivity index (χ0v) is 12.7. The van der Waals surface area contributed by atoms with Crippen LogP contribution in [0.25, 0.3) is 0 Å². The summed E-state index contributed by atoms with van der Waals surface area (Å²) in [6.07, 6.45) is -4.54. The Morgan fingerprint density at radius 2 is 1.75 bits per heavy atom. The van der Waals surface area contributed by atoms with Gasteiger partial charge < -0.3 is 10.0 Å². The van der Waals surface area contributed by atoms with Crippen LogP contribution >= 0.6 is 0 Å². The lowest BCUT2D eigenvalue weighted by atomic mass is 10.1. The molecule has 24 heavy (non-hydrogen) atoms. The molecule has 0 spiro atoms. The molecule has 0 atom stereocenters. The normalized spacial score (nSPS) is 11.2. The summed E-state index contributed by atoms with van der Waals surface area (Å²) in [6, 6.07) is 10.3. The molecule has 0 saturated heterocycles. The maximum absolute atomic E-state index is 12.9. The van der Waals surface area contributed by atoms with Crippen molar-refractivity contribution in [2.75, 3.05) is 11.4 Å². The fraction of sp³-hybridized carbons (Fsp3) is 0.176. The first kappa shape index (κ1) is 17.5. The zero-order chi connectivity index (χ0) is 17.9. The molecule has 4 nitrogen and oxygen atoms in total. The molecule has 126 valence electrons. The molecule has 2 rings (SSSR count). The van der Waals surface area contributed by atoms with Gasteiger partial charge in [-0.2, -0.15) is 13.2 Å². The number of Topliss-reactive ketones (excluding diaryl/α,β-unsaturated/α-hetero) is 1. The first-order valence-electron chi connectivity index (χ1n) is 6.96. The number of benzene rings is 2. The Kier molecular flexibility index (Phi) is 4.92. The monoisotopic (exact) mass is 337 g/mol. The summed E-state index contributed by atoms with van der Waals surface area (Å²) in [4.78, 5) is 24.2. The maximum Gasteiger partial charge on any atom is 0.416 e. The Balaban J connectivity index is 2.59. The molecule has 0 aliphatic rings. The Hall–Kier alpha value is -2.83. The fourth-order valence-electron chi connectivity index (χ4n) is 2.28. The van der Waals surface area contributed by atoms with E-state index in [1.165, 1.54) is 42.2 Å². The molecule has 2 aromatic rings. The second-order valence-electron chi connectivity index (χ2n) is 5.16. The summed E-state index contributed by atoms with van der Waals surface area (Å²) in [5.41, 5.74) is -0.731. The van der Waals surface area contributed by atoms with E-state index in [0.717, 1.165) is 12.1 Å². The van der Waals surface area contributed by atoms with Gasteiger partial charge in [0.15, 0.2) is 0 Å². The van der Waals surface area contributed by atoms with Crippen LogP contribution in [0.4, 0.5) is 24.5 Å². The Bertz CT molecular complexity index is 772. The molecule has 2 aromatic carbocycles. The average Bonchev–Trinajstić information content (AvgIpc) is 2.51. The summed E-state index contributed by atoms with van der Waals surface area (Å²) in [7, 11) is 0. The summed E-state index contributed by atoms with van der Waals surface area (Å²) in [5.74, 6) is -1.54. The topological polar surface area (TPSA) is 57.6 Å². The number of carboxylic acids is 1. The molecule has 7 heteroatoms. The van der Waals surface area contributed by atoms with Gasteiger partial charge in [-0.15, -0.1) is 0 Å². The molecular formula is C17H14F3NO3. The summed E-state index contributed by atoms with van der Waals surface area (Å²) in [6.45, 7) is 1.04. The molecular weight excluding hydrogens is 323 g/mol. The van der Waals surface area contributed by atoms with Crippen LogP contribution in [-0.4, -0.2) is 23.4 Å². The third-order valence-corrected chi connectivity index (χ3v) is 3.29. The average molecular weight is 337 g/mol. The number of anilines is 2. The van der Waals surface area contributed by atoms with Gasteiger partial charge in [0.2, 0.25) is 0 Å². The molecule has 0 unspecified atom stereocenters. The molecule has 0 bridgehead atoms. The molecule has 0 radical (unpaired) electrons. The Labute approximate surface area is 136 Å². The Morgan fingerprint density at radius 1 is 1.08 bits per heavy atom. The van der Waals surface area contributed by atoms with Crippen molar-refractivity contribution in [3.05, 3.63) is 59.7 Å². The quantitative estimate of drug-likeness (QED) is 0.891. The highest BCUT2D eigenvalue weighted by Crippen LogP contribution is 2.34. The van der Waals surface area contributed by atoms with Gasteiger partial charge in [-0.1, -0.05) is 18.2 Å². The number of hydrogen-bond acceptors (Lipinski definition) is 3. The minimum atomic E-state index is -4.54. The van der Waals surface area contributed by atoms with E-state index in [-0.39, 0.29) is 29.3 Å². The van der Waals surface area contributed by atoms with Crippen molar-refractivity contribution in [2.24, 2.45) is 0 Å². The molecule has 0 saturated carbocycles. The van der Waals surface area contributed by atoms with Crippen molar-refractivity contribution in [1.29, 1.82) is 0 Å². The number of alkyl halides is 3. The highest BCUT2D eigenvalue weighted by molar-refractivity contribution is 5.97. The second kappa shape index (κ2) is 6.74. The number of nitrogens with zero attached hydrogens (tertiary/aromatic N) is 1.